The molecule has 122 valence electrons. The summed E-state index contributed by atoms with van der Waals surface area (Å²) in [6.07, 6.45) is 5.62. The van der Waals surface area contributed by atoms with E-state index >= 15 is 0 Å². The van der Waals surface area contributed by atoms with Crippen LogP contribution in [0, 0.1) is 5.92 Å². The average molecular weight is 305 g/mol. The van der Waals surface area contributed by atoms with Gasteiger partial charge in [0.15, 0.2) is 0 Å². The van der Waals surface area contributed by atoms with Crippen molar-refractivity contribution in [2.45, 2.75) is 46.7 Å². The lowest BCUT2D eigenvalue weighted by molar-refractivity contribution is -0.116. The van der Waals surface area contributed by atoms with Gasteiger partial charge < -0.3 is 5.32 Å². The van der Waals surface area contributed by atoms with Crippen LogP contribution in [0.4, 0.5) is 0 Å². The first-order valence-corrected chi connectivity index (χ1v) is 8.10. The molecule has 1 aromatic rings. The number of piperidine rings is 1. The predicted molar refractivity (Wildman–Crippen MR) is 86.1 cm³/mol. The van der Waals surface area contributed by atoms with E-state index in [1.54, 1.807) is 12.4 Å². The molecule has 1 aliphatic heterocycles. The van der Waals surface area contributed by atoms with Crippen molar-refractivity contribution in [2.75, 3.05) is 19.6 Å². The Kier molecular flexibility index (Phi) is 6.12. The van der Waals surface area contributed by atoms with Crippen molar-refractivity contribution >= 4 is 5.91 Å². The Labute approximate surface area is 132 Å². The van der Waals surface area contributed by atoms with Crippen LogP contribution < -0.4 is 5.32 Å². The molecule has 22 heavy (non-hydrogen) atoms. The molecule has 1 fully saturated rings. The molecular weight excluding hydrogens is 278 g/mol. The standard InChI is InChI=1S/C16H27N5O/c1-4-21-15(18-12-19-21)11-20-7-5-6-14(10-20)9-17-16(22)8-13(2)3/h8,12,14H,4-7,9-11H2,1-3H3,(H,17,22)/t14-/m0/s1. The van der Waals surface area contributed by atoms with E-state index < -0.39 is 0 Å². The second-order valence-electron chi connectivity index (χ2n) is 6.20. The van der Waals surface area contributed by atoms with Crippen LogP contribution in [0.5, 0.6) is 0 Å². The zero-order valence-corrected chi connectivity index (χ0v) is 13.9. The van der Waals surface area contributed by atoms with Gasteiger partial charge in [-0.15, -0.1) is 0 Å². The molecule has 0 bridgehead atoms. The Morgan fingerprint density at radius 3 is 3.05 bits per heavy atom. The molecule has 1 N–H and O–H groups in total. The topological polar surface area (TPSA) is 63.1 Å². The lowest BCUT2D eigenvalue weighted by Gasteiger charge is -2.32. The van der Waals surface area contributed by atoms with Crippen LogP contribution in [0.1, 0.15) is 39.4 Å². The third kappa shape index (κ3) is 4.94. The number of nitrogens with one attached hydrogen (secondary N) is 1. The quantitative estimate of drug-likeness (QED) is 0.811. The smallest absolute Gasteiger partial charge is 0.243 e. The Bertz CT molecular complexity index is 518. The van der Waals surface area contributed by atoms with Gasteiger partial charge in [0.05, 0.1) is 6.54 Å². The Morgan fingerprint density at radius 1 is 1.50 bits per heavy atom. The summed E-state index contributed by atoms with van der Waals surface area (Å²) in [5, 5.41) is 7.23. The van der Waals surface area contributed by atoms with Gasteiger partial charge in [0.1, 0.15) is 12.2 Å². The zero-order chi connectivity index (χ0) is 15.9. The molecule has 1 aliphatic rings. The van der Waals surface area contributed by atoms with Gasteiger partial charge in [-0.2, -0.15) is 5.10 Å². The summed E-state index contributed by atoms with van der Waals surface area (Å²) in [5.41, 5.74) is 1.03. The summed E-state index contributed by atoms with van der Waals surface area (Å²) in [5.74, 6) is 1.56. The lowest BCUT2D eigenvalue weighted by atomic mass is 9.98. The first-order valence-electron chi connectivity index (χ1n) is 8.10. The third-order valence-electron chi connectivity index (χ3n) is 3.95. The van der Waals surface area contributed by atoms with Crippen LogP contribution in [0.2, 0.25) is 0 Å². The SMILES string of the molecule is CCn1ncnc1CN1CCC[C@@H](CNC(=O)C=C(C)C)C1. The number of rotatable bonds is 6. The van der Waals surface area contributed by atoms with E-state index in [0.717, 1.165) is 44.1 Å². The fourth-order valence-corrected chi connectivity index (χ4v) is 2.89. The van der Waals surface area contributed by atoms with Gasteiger partial charge in [0.2, 0.25) is 5.91 Å². The maximum Gasteiger partial charge on any atom is 0.243 e. The first kappa shape index (κ1) is 16.7. The molecule has 1 amide bonds. The van der Waals surface area contributed by atoms with E-state index in [1.165, 1.54) is 12.8 Å². The summed E-state index contributed by atoms with van der Waals surface area (Å²) in [6.45, 7) is 10.5. The fourth-order valence-electron chi connectivity index (χ4n) is 2.89. The summed E-state index contributed by atoms with van der Waals surface area (Å²) < 4.78 is 1.94. The van der Waals surface area contributed by atoms with Gasteiger partial charge in [0, 0.05) is 25.7 Å². The maximum atomic E-state index is 11.7. The highest BCUT2D eigenvalue weighted by molar-refractivity contribution is 5.87. The second kappa shape index (κ2) is 8.08. The van der Waals surface area contributed by atoms with Crippen molar-refractivity contribution in [2.24, 2.45) is 5.92 Å². The van der Waals surface area contributed by atoms with Crippen molar-refractivity contribution in [1.29, 1.82) is 0 Å². The number of likely N-dealkylation sites (tertiary alicyclic amines) is 1. The van der Waals surface area contributed by atoms with E-state index in [2.05, 4.69) is 27.2 Å². The van der Waals surface area contributed by atoms with Crippen molar-refractivity contribution in [3.8, 4) is 0 Å². The minimum absolute atomic E-state index is 0.0165. The molecule has 1 aromatic heterocycles. The summed E-state index contributed by atoms with van der Waals surface area (Å²) >= 11 is 0. The van der Waals surface area contributed by atoms with Crippen LogP contribution in [-0.2, 0) is 17.9 Å². The largest absolute Gasteiger partial charge is 0.352 e. The number of allylic oxidation sites excluding steroid dienone is 1. The molecule has 0 aliphatic carbocycles. The number of hydrogen-bond donors (Lipinski definition) is 1. The van der Waals surface area contributed by atoms with E-state index in [4.69, 9.17) is 0 Å². The highest BCUT2D eigenvalue weighted by Gasteiger charge is 2.21. The minimum Gasteiger partial charge on any atom is -0.352 e. The predicted octanol–water partition coefficient (Wildman–Crippen LogP) is 1.59. The number of amides is 1. The number of aromatic nitrogens is 3. The van der Waals surface area contributed by atoms with Gasteiger partial charge in [-0.1, -0.05) is 5.57 Å². The Hall–Kier alpha value is -1.69. The van der Waals surface area contributed by atoms with Crippen LogP contribution in [0.25, 0.3) is 0 Å². The van der Waals surface area contributed by atoms with Crippen molar-refractivity contribution < 1.29 is 4.79 Å². The fraction of sp³-hybridized carbons (Fsp3) is 0.688. The van der Waals surface area contributed by atoms with Crippen molar-refractivity contribution in [3.63, 3.8) is 0 Å². The molecule has 1 saturated heterocycles. The molecular formula is C16H27N5O. The van der Waals surface area contributed by atoms with E-state index in [1.807, 2.05) is 18.5 Å². The molecule has 0 unspecified atom stereocenters. The molecule has 1 atom stereocenters. The summed E-state index contributed by atoms with van der Waals surface area (Å²) in [4.78, 5) is 18.5. The minimum atomic E-state index is 0.0165. The number of carbonyl (C=O) groups is 1. The molecule has 0 radical (unpaired) electrons. The second-order valence-corrected chi connectivity index (χ2v) is 6.20. The van der Waals surface area contributed by atoms with Crippen LogP contribution in [0.15, 0.2) is 18.0 Å². The average Bonchev–Trinajstić information content (AvgIpc) is 2.92. The molecule has 0 spiro atoms. The van der Waals surface area contributed by atoms with Crippen LogP contribution in [0.3, 0.4) is 0 Å². The normalized spacial score (nSPS) is 19.0. The molecule has 2 heterocycles. The molecule has 6 heteroatoms. The monoisotopic (exact) mass is 305 g/mol. The molecule has 0 aromatic carbocycles. The van der Waals surface area contributed by atoms with E-state index in [-0.39, 0.29) is 5.91 Å². The van der Waals surface area contributed by atoms with E-state index in [0.29, 0.717) is 5.92 Å². The molecule has 6 nitrogen and oxygen atoms in total. The van der Waals surface area contributed by atoms with Crippen molar-refractivity contribution in [1.82, 2.24) is 25.0 Å². The zero-order valence-electron chi connectivity index (χ0n) is 13.9. The Morgan fingerprint density at radius 2 is 2.32 bits per heavy atom. The van der Waals surface area contributed by atoms with Gasteiger partial charge in [-0.3, -0.25) is 9.69 Å². The first-order chi connectivity index (χ1) is 10.6. The van der Waals surface area contributed by atoms with E-state index in [9.17, 15) is 4.79 Å². The summed E-state index contributed by atoms with van der Waals surface area (Å²) in [6, 6.07) is 0. The highest BCUT2D eigenvalue weighted by Crippen LogP contribution is 2.17. The van der Waals surface area contributed by atoms with Gasteiger partial charge in [-0.05, 0) is 46.1 Å². The number of hydrogen-bond acceptors (Lipinski definition) is 4. The number of carbonyl (C=O) groups excluding carboxylic acids is 1. The lowest BCUT2D eigenvalue weighted by Crippen LogP contribution is -2.40. The molecule has 0 saturated carbocycles. The van der Waals surface area contributed by atoms with Crippen LogP contribution in [-0.4, -0.2) is 45.2 Å². The van der Waals surface area contributed by atoms with Gasteiger partial charge in [-0.25, -0.2) is 9.67 Å². The highest BCUT2D eigenvalue weighted by atomic mass is 16.1. The van der Waals surface area contributed by atoms with Gasteiger partial charge in [0.25, 0.3) is 0 Å². The molecule has 2 rings (SSSR count). The summed E-state index contributed by atoms with van der Waals surface area (Å²) in [7, 11) is 0. The third-order valence-corrected chi connectivity index (χ3v) is 3.95. The Balaban J connectivity index is 1.81. The number of nitrogens with zero attached hydrogens (tertiary/aromatic N) is 4. The van der Waals surface area contributed by atoms with Gasteiger partial charge >= 0.3 is 0 Å². The van der Waals surface area contributed by atoms with Crippen LogP contribution >= 0.6 is 0 Å². The maximum absolute atomic E-state index is 11.7. The number of aryl methyl sites for hydroxylation is 1. The van der Waals surface area contributed by atoms with Crippen molar-refractivity contribution in [3.05, 3.63) is 23.8 Å².